The number of nitrogens with zero attached hydrogens (tertiary/aromatic N) is 1. The minimum atomic E-state index is 0.191. The van der Waals surface area contributed by atoms with E-state index in [-0.39, 0.29) is 5.25 Å². The first-order valence-corrected chi connectivity index (χ1v) is 5.77. The van der Waals surface area contributed by atoms with Crippen LogP contribution in [0.2, 0.25) is 0 Å². The summed E-state index contributed by atoms with van der Waals surface area (Å²) >= 11 is 1.79. The first-order valence-electron chi connectivity index (χ1n) is 4.83. The van der Waals surface area contributed by atoms with Crippen molar-refractivity contribution in [2.45, 2.75) is 30.3 Å². The molecule has 2 rings (SSSR count). The highest BCUT2D eigenvalue weighted by molar-refractivity contribution is 8.01. The number of aromatic nitrogens is 1. The zero-order valence-electron chi connectivity index (χ0n) is 8.14. The van der Waals surface area contributed by atoms with Gasteiger partial charge in [0, 0.05) is 24.1 Å². The number of thioether (sulfide) groups is 1. The minimum Gasteiger partial charge on any atom is -0.298 e. The molecule has 2 unspecified atom stereocenters. The lowest BCUT2D eigenvalue weighted by Gasteiger charge is -2.06. The summed E-state index contributed by atoms with van der Waals surface area (Å²) in [7, 11) is 0. The van der Waals surface area contributed by atoms with Crippen LogP contribution >= 0.6 is 11.8 Å². The number of hydrogen-bond donors (Lipinski definition) is 0. The van der Waals surface area contributed by atoms with Crippen LogP contribution in [0.5, 0.6) is 0 Å². The molecule has 0 radical (unpaired) electrons. The molecule has 0 bridgehead atoms. The maximum absolute atomic E-state index is 11.3. The van der Waals surface area contributed by atoms with Gasteiger partial charge in [-0.15, -0.1) is 11.8 Å². The van der Waals surface area contributed by atoms with Crippen LogP contribution in [0.1, 0.15) is 18.9 Å². The molecular formula is C11H13NOS. The summed E-state index contributed by atoms with van der Waals surface area (Å²) in [6.45, 7) is 2.00. The van der Waals surface area contributed by atoms with Crippen molar-refractivity contribution in [3.05, 3.63) is 30.1 Å². The van der Waals surface area contributed by atoms with Crippen molar-refractivity contribution in [2.24, 2.45) is 0 Å². The summed E-state index contributed by atoms with van der Waals surface area (Å²) in [5.41, 5.74) is 1.23. The second-order valence-electron chi connectivity index (χ2n) is 3.64. The Morgan fingerprint density at radius 2 is 2.50 bits per heavy atom. The van der Waals surface area contributed by atoms with Crippen molar-refractivity contribution < 1.29 is 4.79 Å². The second kappa shape index (κ2) is 4.13. The Morgan fingerprint density at radius 1 is 1.64 bits per heavy atom. The van der Waals surface area contributed by atoms with Crippen molar-refractivity contribution >= 4 is 17.5 Å². The summed E-state index contributed by atoms with van der Waals surface area (Å²) < 4.78 is 0. The van der Waals surface area contributed by atoms with E-state index in [1.165, 1.54) is 5.56 Å². The van der Waals surface area contributed by atoms with Gasteiger partial charge < -0.3 is 0 Å². The van der Waals surface area contributed by atoms with Gasteiger partial charge in [-0.25, -0.2) is 0 Å². The molecule has 74 valence electrons. The number of hydrogen-bond acceptors (Lipinski definition) is 3. The van der Waals surface area contributed by atoms with Crippen molar-refractivity contribution in [3.8, 4) is 0 Å². The zero-order valence-corrected chi connectivity index (χ0v) is 8.96. The normalized spacial score (nSPS) is 26.8. The lowest BCUT2D eigenvalue weighted by molar-refractivity contribution is -0.117. The maximum atomic E-state index is 11.3. The van der Waals surface area contributed by atoms with E-state index in [0.717, 1.165) is 12.8 Å². The van der Waals surface area contributed by atoms with E-state index in [1.54, 1.807) is 18.0 Å². The van der Waals surface area contributed by atoms with E-state index in [2.05, 4.69) is 11.1 Å². The van der Waals surface area contributed by atoms with E-state index in [1.807, 2.05) is 19.2 Å². The third-order valence-corrected chi connectivity index (χ3v) is 3.85. The molecule has 0 aromatic carbocycles. The third kappa shape index (κ3) is 2.15. The van der Waals surface area contributed by atoms with Gasteiger partial charge >= 0.3 is 0 Å². The molecule has 1 aliphatic rings. The van der Waals surface area contributed by atoms with Crippen molar-refractivity contribution in [2.75, 3.05) is 0 Å². The molecule has 2 nitrogen and oxygen atoms in total. The fourth-order valence-electron chi connectivity index (χ4n) is 1.71. The molecule has 0 amide bonds. The Morgan fingerprint density at radius 3 is 3.07 bits per heavy atom. The van der Waals surface area contributed by atoms with Crippen LogP contribution in [-0.2, 0) is 11.2 Å². The Hall–Kier alpha value is -0.830. The highest BCUT2D eigenvalue weighted by Gasteiger charge is 2.29. The molecule has 2 heterocycles. The molecule has 2 atom stereocenters. The topological polar surface area (TPSA) is 30.0 Å². The van der Waals surface area contributed by atoms with Crippen LogP contribution in [0.3, 0.4) is 0 Å². The monoisotopic (exact) mass is 207 g/mol. The van der Waals surface area contributed by atoms with Crippen LogP contribution in [0, 0.1) is 0 Å². The van der Waals surface area contributed by atoms with Crippen molar-refractivity contribution in [3.63, 3.8) is 0 Å². The van der Waals surface area contributed by atoms with E-state index in [9.17, 15) is 4.79 Å². The molecule has 0 spiro atoms. The quantitative estimate of drug-likeness (QED) is 0.743. The number of carbonyl (C=O) groups is 1. The summed E-state index contributed by atoms with van der Waals surface area (Å²) in [6.07, 6.45) is 5.35. The lowest BCUT2D eigenvalue weighted by Crippen LogP contribution is -2.05. The van der Waals surface area contributed by atoms with Crippen molar-refractivity contribution in [1.82, 2.24) is 4.98 Å². The maximum Gasteiger partial charge on any atom is 0.146 e. The predicted octanol–water partition coefficient (Wildman–Crippen LogP) is 2.09. The Labute approximate surface area is 88.1 Å². The third-order valence-electron chi connectivity index (χ3n) is 2.47. The van der Waals surface area contributed by atoms with Gasteiger partial charge in [-0.05, 0) is 25.0 Å². The number of ketones is 1. The molecular weight excluding hydrogens is 194 g/mol. The molecule has 1 aromatic heterocycles. The average molecular weight is 207 g/mol. The summed E-state index contributed by atoms with van der Waals surface area (Å²) in [5.74, 6) is 0.392. The number of rotatable bonds is 2. The van der Waals surface area contributed by atoms with Crippen LogP contribution < -0.4 is 0 Å². The molecule has 1 aromatic rings. The highest BCUT2D eigenvalue weighted by atomic mass is 32.2. The Balaban J connectivity index is 1.97. The van der Waals surface area contributed by atoms with Gasteiger partial charge in [-0.2, -0.15) is 0 Å². The van der Waals surface area contributed by atoms with Gasteiger partial charge in [-0.3, -0.25) is 9.78 Å². The highest BCUT2D eigenvalue weighted by Crippen LogP contribution is 2.32. The Bertz CT molecular complexity index is 325. The summed E-state index contributed by atoms with van der Waals surface area (Å²) in [6, 6.07) is 4.02. The van der Waals surface area contributed by atoms with Crippen molar-refractivity contribution in [1.29, 1.82) is 0 Å². The molecule has 14 heavy (non-hydrogen) atoms. The Kier molecular flexibility index (Phi) is 2.87. The van der Waals surface area contributed by atoms with E-state index in [0.29, 0.717) is 11.0 Å². The first-order chi connectivity index (χ1) is 6.75. The van der Waals surface area contributed by atoms with Gasteiger partial charge in [0.15, 0.2) is 0 Å². The largest absolute Gasteiger partial charge is 0.298 e. The predicted molar refractivity (Wildman–Crippen MR) is 58.4 cm³/mol. The van der Waals surface area contributed by atoms with Gasteiger partial charge in [0.1, 0.15) is 5.78 Å². The molecule has 1 aliphatic heterocycles. The molecule has 0 N–H and O–H groups in total. The summed E-state index contributed by atoms with van der Waals surface area (Å²) in [5, 5.41) is 0.651. The van der Waals surface area contributed by atoms with Crippen LogP contribution in [0.15, 0.2) is 24.5 Å². The molecule has 3 heteroatoms. The van der Waals surface area contributed by atoms with E-state index >= 15 is 0 Å². The van der Waals surface area contributed by atoms with E-state index in [4.69, 9.17) is 0 Å². The van der Waals surface area contributed by atoms with Gasteiger partial charge in [0.05, 0.1) is 5.25 Å². The van der Waals surface area contributed by atoms with E-state index < -0.39 is 0 Å². The smallest absolute Gasteiger partial charge is 0.146 e. The number of pyridine rings is 1. The SMILES string of the molecule is CC1SC(Cc2cccnc2)CC1=O. The molecule has 0 aliphatic carbocycles. The van der Waals surface area contributed by atoms with Crippen LogP contribution in [0.25, 0.3) is 0 Å². The number of Topliss-reactive ketones (excluding diaryl/α,β-unsaturated/α-hetero) is 1. The molecule has 1 fully saturated rings. The minimum absolute atomic E-state index is 0.191. The lowest BCUT2D eigenvalue weighted by atomic mass is 10.1. The summed E-state index contributed by atoms with van der Waals surface area (Å²) in [4.78, 5) is 15.4. The second-order valence-corrected chi connectivity index (χ2v) is 5.28. The van der Waals surface area contributed by atoms with Gasteiger partial charge in [0.2, 0.25) is 0 Å². The fraction of sp³-hybridized carbons (Fsp3) is 0.455. The van der Waals surface area contributed by atoms with Gasteiger partial charge in [0.25, 0.3) is 0 Å². The molecule has 0 saturated carbocycles. The van der Waals surface area contributed by atoms with Crippen LogP contribution in [0.4, 0.5) is 0 Å². The zero-order chi connectivity index (χ0) is 9.97. The fourth-order valence-corrected chi connectivity index (χ4v) is 3.08. The van der Waals surface area contributed by atoms with Gasteiger partial charge in [-0.1, -0.05) is 6.07 Å². The molecule has 1 saturated heterocycles. The standard InChI is InChI=1S/C11H13NOS/c1-8-11(13)6-10(14-8)5-9-3-2-4-12-7-9/h2-4,7-8,10H,5-6H2,1H3. The first kappa shape index (κ1) is 9.71. The van der Waals surface area contributed by atoms with Crippen LogP contribution in [-0.4, -0.2) is 21.3 Å². The average Bonchev–Trinajstić information content (AvgIpc) is 2.47. The number of carbonyl (C=O) groups excluding carboxylic acids is 1.